The highest BCUT2D eigenvalue weighted by atomic mass is 16.3. The first-order chi connectivity index (χ1) is 20.3. The van der Waals surface area contributed by atoms with E-state index in [4.69, 9.17) is 9.40 Å². The minimum absolute atomic E-state index is 0.902. The number of pyridine rings is 1. The fraction of sp³-hybridized carbons (Fsp3) is 0. The molecule has 0 saturated heterocycles. The predicted molar refractivity (Wildman–Crippen MR) is 172 cm³/mol. The van der Waals surface area contributed by atoms with E-state index in [9.17, 15) is 0 Å². The Labute approximate surface area is 236 Å². The van der Waals surface area contributed by atoms with E-state index in [0.29, 0.717) is 0 Å². The number of nitrogens with zero attached hydrogens (tertiary/aromatic N) is 1. The zero-order valence-corrected chi connectivity index (χ0v) is 22.1. The van der Waals surface area contributed by atoms with E-state index >= 15 is 0 Å². The summed E-state index contributed by atoms with van der Waals surface area (Å²) < 4.78 is 6.18. The van der Waals surface area contributed by atoms with Crippen molar-refractivity contribution < 1.29 is 4.42 Å². The minimum Gasteiger partial charge on any atom is -0.456 e. The maximum Gasteiger partial charge on any atom is 0.135 e. The number of aromatic nitrogens is 1. The van der Waals surface area contributed by atoms with E-state index in [1.807, 2.05) is 12.1 Å². The van der Waals surface area contributed by atoms with Gasteiger partial charge in [-0.3, -0.25) is 4.98 Å². The molecule has 0 fully saturated rings. The van der Waals surface area contributed by atoms with Crippen LogP contribution in [0.5, 0.6) is 0 Å². The lowest BCUT2D eigenvalue weighted by atomic mass is 9.84. The van der Waals surface area contributed by atoms with Gasteiger partial charge >= 0.3 is 0 Å². The first-order valence-electron chi connectivity index (χ1n) is 14.0. The van der Waals surface area contributed by atoms with Gasteiger partial charge in [0.15, 0.2) is 0 Å². The van der Waals surface area contributed by atoms with E-state index in [0.717, 1.165) is 43.8 Å². The van der Waals surface area contributed by atoms with Crippen molar-refractivity contribution in [3.63, 3.8) is 0 Å². The largest absolute Gasteiger partial charge is 0.456 e. The Morgan fingerprint density at radius 2 is 1.10 bits per heavy atom. The van der Waals surface area contributed by atoms with Gasteiger partial charge < -0.3 is 4.42 Å². The van der Waals surface area contributed by atoms with Crippen molar-refractivity contribution in [1.29, 1.82) is 0 Å². The molecule has 0 radical (unpaired) electrons. The molecule has 0 amide bonds. The molecule has 0 bridgehead atoms. The molecule has 0 atom stereocenters. The number of fused-ring (bicyclic) bond motifs is 8. The van der Waals surface area contributed by atoms with Gasteiger partial charge in [0.1, 0.15) is 11.2 Å². The molecule has 7 aromatic carbocycles. The molecule has 9 rings (SSSR count). The third-order valence-electron chi connectivity index (χ3n) is 8.48. The van der Waals surface area contributed by atoms with Crippen LogP contribution in [0.1, 0.15) is 0 Å². The van der Waals surface area contributed by atoms with Gasteiger partial charge in [-0.2, -0.15) is 0 Å². The maximum atomic E-state index is 6.18. The van der Waals surface area contributed by atoms with Crippen LogP contribution < -0.4 is 0 Å². The van der Waals surface area contributed by atoms with Gasteiger partial charge in [-0.1, -0.05) is 109 Å². The average Bonchev–Trinajstić information content (AvgIpc) is 3.41. The monoisotopic (exact) mass is 521 g/mol. The summed E-state index contributed by atoms with van der Waals surface area (Å²) in [5.74, 6) is 0. The van der Waals surface area contributed by atoms with E-state index in [1.54, 1.807) is 0 Å². The van der Waals surface area contributed by atoms with Crippen LogP contribution in [-0.2, 0) is 0 Å². The smallest absolute Gasteiger partial charge is 0.135 e. The third-order valence-corrected chi connectivity index (χ3v) is 8.48. The van der Waals surface area contributed by atoms with Gasteiger partial charge in [-0.25, -0.2) is 0 Å². The molecular formula is C39H23NO. The Balaban J connectivity index is 1.50. The molecule has 0 N–H and O–H groups in total. The van der Waals surface area contributed by atoms with Crippen molar-refractivity contribution >= 4 is 65.2 Å². The van der Waals surface area contributed by atoms with Gasteiger partial charge in [-0.15, -0.1) is 0 Å². The van der Waals surface area contributed by atoms with Crippen molar-refractivity contribution in [2.45, 2.75) is 0 Å². The minimum atomic E-state index is 0.902. The topological polar surface area (TPSA) is 26.0 Å². The lowest BCUT2D eigenvalue weighted by Crippen LogP contribution is -1.94. The van der Waals surface area contributed by atoms with Crippen LogP contribution in [0.4, 0.5) is 0 Å². The van der Waals surface area contributed by atoms with Crippen LogP contribution in [0, 0.1) is 0 Å². The Kier molecular flexibility index (Phi) is 4.64. The molecule has 0 aliphatic heterocycles. The molecule has 0 spiro atoms. The van der Waals surface area contributed by atoms with Crippen LogP contribution >= 0.6 is 0 Å². The van der Waals surface area contributed by atoms with Crippen LogP contribution in [0.3, 0.4) is 0 Å². The van der Waals surface area contributed by atoms with Gasteiger partial charge in [-0.05, 0) is 68.1 Å². The Bertz CT molecular complexity index is 2480. The number of furan rings is 1. The van der Waals surface area contributed by atoms with E-state index in [1.165, 1.54) is 43.6 Å². The summed E-state index contributed by atoms with van der Waals surface area (Å²) in [6.45, 7) is 0. The molecule has 0 aliphatic rings. The van der Waals surface area contributed by atoms with Crippen LogP contribution in [0.15, 0.2) is 144 Å². The lowest BCUT2D eigenvalue weighted by Gasteiger charge is -2.20. The Hall–Kier alpha value is -5.47. The van der Waals surface area contributed by atoms with E-state index < -0.39 is 0 Å². The number of hydrogen-bond acceptors (Lipinski definition) is 2. The summed E-state index contributed by atoms with van der Waals surface area (Å²) in [5, 5.41) is 10.7. The molecule has 9 aromatic rings. The molecule has 2 aromatic heterocycles. The number of benzene rings is 7. The maximum absolute atomic E-state index is 6.18. The predicted octanol–water partition coefficient (Wildman–Crippen LogP) is 10.9. The van der Waals surface area contributed by atoms with Gasteiger partial charge in [0, 0.05) is 33.1 Å². The zero-order chi connectivity index (χ0) is 26.9. The van der Waals surface area contributed by atoms with Crippen molar-refractivity contribution in [1.82, 2.24) is 4.98 Å². The van der Waals surface area contributed by atoms with Gasteiger partial charge in [0.05, 0.1) is 5.52 Å². The van der Waals surface area contributed by atoms with Crippen LogP contribution in [-0.4, -0.2) is 4.98 Å². The van der Waals surface area contributed by atoms with E-state index in [-0.39, 0.29) is 0 Å². The molecule has 2 heteroatoms. The molecule has 41 heavy (non-hydrogen) atoms. The highest BCUT2D eigenvalue weighted by molar-refractivity contribution is 6.29. The number of rotatable bonds is 2. The molecule has 190 valence electrons. The summed E-state index contributed by atoms with van der Waals surface area (Å²) in [4.78, 5) is 4.98. The second-order valence-corrected chi connectivity index (χ2v) is 10.7. The Morgan fingerprint density at radius 3 is 1.98 bits per heavy atom. The molecule has 2 heterocycles. The summed E-state index contributed by atoms with van der Waals surface area (Å²) in [5.41, 5.74) is 7.66. The van der Waals surface area contributed by atoms with Gasteiger partial charge in [0.2, 0.25) is 0 Å². The number of para-hydroxylation sites is 2. The number of hydrogen-bond donors (Lipinski definition) is 0. The molecule has 0 saturated carbocycles. The second kappa shape index (κ2) is 8.51. The quantitative estimate of drug-likeness (QED) is 0.167. The molecule has 0 aliphatic carbocycles. The normalized spacial score (nSPS) is 11.9. The van der Waals surface area contributed by atoms with Crippen molar-refractivity contribution in [3.8, 4) is 22.3 Å². The fourth-order valence-electron chi connectivity index (χ4n) is 6.71. The highest BCUT2D eigenvalue weighted by Crippen LogP contribution is 2.47. The summed E-state index contributed by atoms with van der Waals surface area (Å²) >= 11 is 0. The van der Waals surface area contributed by atoms with Crippen molar-refractivity contribution in [2.24, 2.45) is 0 Å². The fourth-order valence-corrected chi connectivity index (χ4v) is 6.71. The van der Waals surface area contributed by atoms with Gasteiger partial charge in [0.25, 0.3) is 0 Å². The summed E-state index contributed by atoms with van der Waals surface area (Å²) in [6, 6.07) is 47.5. The van der Waals surface area contributed by atoms with Crippen LogP contribution in [0.2, 0.25) is 0 Å². The molecule has 2 nitrogen and oxygen atoms in total. The first kappa shape index (κ1) is 22.4. The Morgan fingerprint density at radius 1 is 0.439 bits per heavy atom. The van der Waals surface area contributed by atoms with Crippen molar-refractivity contribution in [2.75, 3.05) is 0 Å². The SMILES string of the molecule is c1ccc2c(-c3c4ccccc4c(-c4ccc5oc6ccccc6c5c4)c4cnc5ccccc5c34)cccc2c1. The lowest BCUT2D eigenvalue weighted by molar-refractivity contribution is 0.669. The van der Waals surface area contributed by atoms with Crippen LogP contribution in [0.25, 0.3) is 87.4 Å². The summed E-state index contributed by atoms with van der Waals surface area (Å²) in [7, 11) is 0. The van der Waals surface area contributed by atoms with E-state index in [2.05, 4.69) is 128 Å². The molecule has 0 unspecified atom stereocenters. The zero-order valence-electron chi connectivity index (χ0n) is 22.1. The average molecular weight is 522 g/mol. The second-order valence-electron chi connectivity index (χ2n) is 10.7. The first-order valence-corrected chi connectivity index (χ1v) is 14.0. The molecular weight excluding hydrogens is 498 g/mol. The third kappa shape index (κ3) is 3.22. The van der Waals surface area contributed by atoms with Crippen molar-refractivity contribution in [3.05, 3.63) is 140 Å². The standard InChI is InChI=1S/C39H23NO/c1-2-12-26-24(10-1)11-9-17-28(26)38-30-15-4-3-14-29(30)37(33-23-40-34-18-7-5-16-31(34)39(33)38)25-20-21-36-32(22-25)27-13-6-8-19-35(27)41-36/h1-23H. The summed E-state index contributed by atoms with van der Waals surface area (Å²) in [6.07, 6.45) is 2.08. The highest BCUT2D eigenvalue weighted by Gasteiger charge is 2.21.